The fourth-order valence-corrected chi connectivity index (χ4v) is 2.84. The predicted molar refractivity (Wildman–Crippen MR) is 99.7 cm³/mol. The monoisotopic (exact) mass is 431 g/mol. The van der Waals surface area contributed by atoms with E-state index in [0.29, 0.717) is 11.1 Å². The Balaban J connectivity index is 1.99. The molecule has 2 rings (SSSR count). The maximum Gasteiger partial charge on any atom is 0.433 e. The molecule has 0 atom stereocenters. The predicted octanol–water partition coefficient (Wildman–Crippen LogP) is 3.25. The Morgan fingerprint density at radius 3 is 2.45 bits per heavy atom. The van der Waals surface area contributed by atoms with Crippen LogP contribution in [0.4, 0.5) is 23.2 Å². The molecule has 2 aromatic rings. The fraction of sp³-hybridized carbons (Fsp3) is 0.222. The quantitative estimate of drug-likeness (QED) is 0.543. The largest absolute Gasteiger partial charge is 0.433 e. The lowest BCUT2D eigenvalue weighted by Gasteiger charge is -2.08. The van der Waals surface area contributed by atoms with Crippen LogP contribution in [0, 0.1) is 12.7 Å². The van der Waals surface area contributed by atoms with Crippen molar-refractivity contribution in [2.75, 3.05) is 11.0 Å². The first-order chi connectivity index (χ1) is 13.3. The van der Waals surface area contributed by atoms with Crippen LogP contribution < -0.4 is 10.0 Å². The summed E-state index contributed by atoms with van der Waals surface area (Å²) < 4.78 is 76.0. The number of benzene rings is 1. The number of hydrogen-bond donors (Lipinski definition) is 2. The molecule has 1 aromatic carbocycles. The molecule has 11 heteroatoms. The Morgan fingerprint density at radius 1 is 1.21 bits per heavy atom. The van der Waals surface area contributed by atoms with Gasteiger partial charge in [0, 0.05) is 18.3 Å². The van der Waals surface area contributed by atoms with Crippen molar-refractivity contribution in [2.24, 2.45) is 0 Å². The summed E-state index contributed by atoms with van der Waals surface area (Å²) in [5, 5.41) is 2.49. The van der Waals surface area contributed by atoms with Gasteiger partial charge in [0.05, 0.1) is 11.9 Å². The van der Waals surface area contributed by atoms with Crippen molar-refractivity contribution in [1.29, 1.82) is 0 Å². The molecule has 29 heavy (non-hydrogen) atoms. The van der Waals surface area contributed by atoms with E-state index in [0.717, 1.165) is 24.5 Å². The first-order valence-electron chi connectivity index (χ1n) is 8.12. The van der Waals surface area contributed by atoms with Gasteiger partial charge in [0.25, 0.3) is 0 Å². The molecule has 156 valence electrons. The van der Waals surface area contributed by atoms with E-state index in [1.165, 1.54) is 31.2 Å². The molecular formula is C18H17F4N3O3S. The number of hydrogen-bond acceptors (Lipinski definition) is 4. The van der Waals surface area contributed by atoms with Gasteiger partial charge in [0.1, 0.15) is 11.5 Å². The first kappa shape index (κ1) is 22.3. The number of halogens is 4. The van der Waals surface area contributed by atoms with E-state index in [-0.39, 0.29) is 17.9 Å². The molecule has 0 unspecified atom stereocenters. The molecule has 0 saturated carbocycles. The lowest BCUT2D eigenvalue weighted by molar-refractivity contribution is -0.141. The van der Waals surface area contributed by atoms with Crippen LogP contribution >= 0.6 is 0 Å². The second-order valence-electron chi connectivity index (χ2n) is 6.11. The van der Waals surface area contributed by atoms with Gasteiger partial charge in [-0.3, -0.25) is 9.52 Å². The van der Waals surface area contributed by atoms with Crippen molar-refractivity contribution >= 4 is 27.7 Å². The Morgan fingerprint density at radius 2 is 1.90 bits per heavy atom. The molecule has 0 aliphatic heterocycles. The summed E-state index contributed by atoms with van der Waals surface area (Å²) in [6.45, 7) is 1.35. The Bertz CT molecular complexity index is 1050. The molecule has 0 fully saturated rings. The minimum Gasteiger partial charge on any atom is -0.348 e. The van der Waals surface area contributed by atoms with Crippen molar-refractivity contribution in [3.63, 3.8) is 0 Å². The van der Waals surface area contributed by atoms with E-state index in [1.807, 2.05) is 4.72 Å². The third-order valence-electron chi connectivity index (χ3n) is 3.63. The summed E-state index contributed by atoms with van der Waals surface area (Å²) in [4.78, 5) is 15.3. The topological polar surface area (TPSA) is 88.2 Å². The number of aryl methyl sites for hydroxylation is 1. The summed E-state index contributed by atoms with van der Waals surface area (Å²) in [5.74, 6) is -1.35. The van der Waals surface area contributed by atoms with Gasteiger partial charge in [-0.2, -0.15) is 13.2 Å². The molecule has 1 amide bonds. The summed E-state index contributed by atoms with van der Waals surface area (Å²) in [6, 6.07) is 5.76. The first-order valence-corrected chi connectivity index (χ1v) is 10.0. The normalized spacial score (nSPS) is 12.2. The summed E-state index contributed by atoms with van der Waals surface area (Å²) in [5.41, 5.74) is -0.397. The van der Waals surface area contributed by atoms with E-state index >= 15 is 0 Å². The number of carbonyl (C=O) groups excluding carboxylic acids is 1. The number of alkyl halides is 3. The van der Waals surface area contributed by atoms with E-state index in [4.69, 9.17) is 0 Å². The molecule has 0 saturated heterocycles. The summed E-state index contributed by atoms with van der Waals surface area (Å²) in [6.07, 6.45) is -1.22. The number of carbonyl (C=O) groups is 1. The van der Waals surface area contributed by atoms with E-state index in [2.05, 4.69) is 10.3 Å². The van der Waals surface area contributed by atoms with Crippen LogP contribution in [0.1, 0.15) is 22.5 Å². The van der Waals surface area contributed by atoms with E-state index in [9.17, 15) is 30.8 Å². The zero-order valence-electron chi connectivity index (χ0n) is 15.3. The van der Waals surface area contributed by atoms with E-state index in [1.54, 1.807) is 0 Å². The van der Waals surface area contributed by atoms with Crippen molar-refractivity contribution in [3.8, 4) is 0 Å². The fourth-order valence-electron chi connectivity index (χ4n) is 2.27. The minimum atomic E-state index is -4.55. The minimum absolute atomic E-state index is 0.0382. The maximum atomic E-state index is 13.9. The van der Waals surface area contributed by atoms with Gasteiger partial charge in [-0.25, -0.2) is 17.8 Å². The van der Waals surface area contributed by atoms with Crippen LogP contribution in [-0.2, 0) is 27.5 Å². The lowest BCUT2D eigenvalue weighted by Crippen LogP contribution is -2.20. The molecule has 0 aliphatic rings. The van der Waals surface area contributed by atoms with Crippen LogP contribution in [-0.4, -0.2) is 25.6 Å². The summed E-state index contributed by atoms with van der Waals surface area (Å²) in [7, 11) is -3.62. The molecule has 0 spiro atoms. The van der Waals surface area contributed by atoms with Gasteiger partial charge in [-0.1, -0.05) is 12.1 Å². The number of anilines is 1. The number of nitrogens with one attached hydrogen (secondary N) is 2. The molecule has 0 aliphatic carbocycles. The highest BCUT2D eigenvalue weighted by molar-refractivity contribution is 7.92. The number of aromatic nitrogens is 1. The van der Waals surface area contributed by atoms with Crippen LogP contribution in [0.2, 0.25) is 0 Å². The number of sulfonamides is 1. The van der Waals surface area contributed by atoms with Crippen LogP contribution in [0.25, 0.3) is 6.08 Å². The molecule has 2 N–H and O–H groups in total. The average molecular weight is 431 g/mol. The highest BCUT2D eigenvalue weighted by Gasteiger charge is 2.32. The van der Waals surface area contributed by atoms with Crippen molar-refractivity contribution in [2.45, 2.75) is 19.6 Å². The second-order valence-corrected chi connectivity index (χ2v) is 7.86. The van der Waals surface area contributed by atoms with Gasteiger partial charge in [0.15, 0.2) is 0 Å². The van der Waals surface area contributed by atoms with Gasteiger partial charge in [0.2, 0.25) is 15.9 Å². The molecule has 1 aromatic heterocycles. The lowest BCUT2D eigenvalue weighted by atomic mass is 10.1. The Kier molecular flexibility index (Phi) is 6.62. The molecule has 0 bridgehead atoms. The van der Waals surface area contributed by atoms with E-state index < -0.39 is 33.6 Å². The number of pyridine rings is 1. The van der Waals surface area contributed by atoms with Crippen LogP contribution in [0.15, 0.2) is 36.4 Å². The van der Waals surface area contributed by atoms with Gasteiger partial charge < -0.3 is 5.32 Å². The van der Waals surface area contributed by atoms with Crippen molar-refractivity contribution in [3.05, 3.63) is 64.7 Å². The maximum absolute atomic E-state index is 13.9. The average Bonchev–Trinajstić information content (AvgIpc) is 2.59. The molecule has 0 radical (unpaired) electrons. The number of amides is 1. The Hall–Kier alpha value is -2.95. The second kappa shape index (κ2) is 8.60. The highest BCUT2D eigenvalue weighted by atomic mass is 32.2. The van der Waals surface area contributed by atoms with Crippen LogP contribution in [0.3, 0.4) is 0 Å². The summed E-state index contributed by atoms with van der Waals surface area (Å²) >= 11 is 0. The van der Waals surface area contributed by atoms with Gasteiger partial charge in [-0.15, -0.1) is 0 Å². The van der Waals surface area contributed by atoms with Gasteiger partial charge >= 0.3 is 6.18 Å². The van der Waals surface area contributed by atoms with Gasteiger partial charge in [-0.05, 0) is 42.3 Å². The zero-order chi connectivity index (χ0) is 21.8. The zero-order valence-corrected chi connectivity index (χ0v) is 16.2. The smallest absolute Gasteiger partial charge is 0.348 e. The van der Waals surface area contributed by atoms with Crippen LogP contribution in [0.5, 0.6) is 0 Å². The van der Waals surface area contributed by atoms with Crippen molar-refractivity contribution in [1.82, 2.24) is 10.3 Å². The molecule has 1 heterocycles. The number of nitrogens with zero attached hydrogens (tertiary/aromatic N) is 1. The SMILES string of the molecule is Cc1nc(C(F)(F)F)ccc1/C=C/C(=O)NCc1ccc(NS(C)(=O)=O)c(F)c1. The number of rotatable bonds is 6. The standard InChI is InChI=1S/C18H17F4N3O3S/c1-11-13(4-7-16(24-11)18(20,21)22)5-8-17(26)23-10-12-3-6-15(14(19)9-12)25-29(2,27)28/h3-9,25H,10H2,1-2H3,(H,23,26)/b8-5+. The highest BCUT2D eigenvalue weighted by Crippen LogP contribution is 2.28. The molecule has 6 nitrogen and oxygen atoms in total. The molecular weight excluding hydrogens is 414 g/mol. The van der Waals surface area contributed by atoms with Crippen molar-refractivity contribution < 1.29 is 30.8 Å². The third-order valence-corrected chi connectivity index (χ3v) is 4.22. The Labute approximate surface area is 164 Å². The third kappa shape index (κ3) is 6.86.